The number of ether oxygens (including phenoxy) is 2. The van der Waals surface area contributed by atoms with Gasteiger partial charge in [0.15, 0.2) is 0 Å². The minimum absolute atomic E-state index is 0.149. The lowest BCUT2D eigenvalue weighted by Crippen LogP contribution is -2.25. The number of phosphoric ester groups is 2. The van der Waals surface area contributed by atoms with E-state index in [1.807, 2.05) is 42.5 Å². The van der Waals surface area contributed by atoms with Crippen molar-refractivity contribution in [2.45, 2.75) is 173 Å². The van der Waals surface area contributed by atoms with Gasteiger partial charge in [-0.2, -0.15) is 0 Å². The smallest absolute Gasteiger partial charge is 0.463 e. The number of carbonyl (C=O) groups is 2. The van der Waals surface area contributed by atoms with Gasteiger partial charge in [0, 0.05) is 12.8 Å². The summed E-state index contributed by atoms with van der Waals surface area (Å²) in [6, 6.07) is 0. The molecule has 5 atom stereocenters. The zero-order chi connectivity index (χ0) is 44.6. The van der Waals surface area contributed by atoms with Crippen molar-refractivity contribution in [2.75, 3.05) is 39.6 Å². The highest BCUT2D eigenvalue weighted by Crippen LogP contribution is 2.45. The molecule has 0 aliphatic heterocycles. The molecule has 0 aliphatic rings. The van der Waals surface area contributed by atoms with Crippen molar-refractivity contribution < 1.29 is 71.4 Å². The van der Waals surface area contributed by atoms with Crippen LogP contribution in [-0.2, 0) is 46.3 Å². The van der Waals surface area contributed by atoms with Gasteiger partial charge in [0.2, 0.25) is 0 Å². The van der Waals surface area contributed by atoms with Crippen LogP contribution < -0.4 is 0 Å². The lowest BCUT2D eigenvalue weighted by atomic mass is 10.0. The van der Waals surface area contributed by atoms with Crippen molar-refractivity contribution in [2.24, 2.45) is 0 Å². The summed E-state index contributed by atoms with van der Waals surface area (Å²) in [5.74, 6) is -1.03. The number of rotatable bonds is 42. The van der Waals surface area contributed by atoms with E-state index in [1.165, 1.54) is 70.6 Å². The molecule has 60 heavy (non-hydrogen) atoms. The largest absolute Gasteiger partial charge is 0.472 e. The number of allylic oxidation sites excluding steroid dienone is 8. The standard InChI is InChI=1S/C43H78O15P2/c1-3-5-7-9-11-13-15-17-18-20-22-24-26-28-30-32-43(48)54-34-40(45)36-56-60(51,52)58-38-41(46)37-57-59(49,50)55-35-39(44)33-53-42(47)31-29-27-25-23-21-19-16-14-12-10-8-6-4-2/h6,8,10,12,14,16,19,21,39-41,44-46H,3-5,7,9,11,13,15,17-18,20,22-38H2,1-2H3,(H,49,50)(H,51,52)/b8-6+,12-10+,16-14-,21-19-. The Kier molecular flexibility index (Phi) is 38.5. The third kappa shape index (κ3) is 41.4. The first-order valence-corrected chi connectivity index (χ1v) is 25.0. The molecule has 5 unspecified atom stereocenters. The van der Waals surface area contributed by atoms with Gasteiger partial charge in [-0.3, -0.25) is 27.7 Å². The molecular weight excluding hydrogens is 818 g/mol. The van der Waals surface area contributed by atoms with Gasteiger partial charge in [0.1, 0.15) is 31.5 Å². The van der Waals surface area contributed by atoms with E-state index < -0.39 is 85.5 Å². The summed E-state index contributed by atoms with van der Waals surface area (Å²) in [4.78, 5) is 43.6. The third-order valence-corrected chi connectivity index (χ3v) is 10.8. The molecule has 0 aliphatic carbocycles. The first kappa shape index (κ1) is 58.0. The highest BCUT2D eigenvalue weighted by molar-refractivity contribution is 7.47. The van der Waals surface area contributed by atoms with Crippen LogP contribution in [0.3, 0.4) is 0 Å². The number of esters is 2. The van der Waals surface area contributed by atoms with Crippen LogP contribution in [0.2, 0.25) is 0 Å². The molecule has 350 valence electrons. The lowest BCUT2D eigenvalue weighted by molar-refractivity contribution is -0.148. The van der Waals surface area contributed by atoms with Gasteiger partial charge < -0.3 is 34.6 Å². The summed E-state index contributed by atoms with van der Waals surface area (Å²) in [5, 5.41) is 29.9. The van der Waals surface area contributed by atoms with Crippen LogP contribution >= 0.6 is 15.6 Å². The zero-order valence-corrected chi connectivity index (χ0v) is 38.2. The van der Waals surface area contributed by atoms with Crippen LogP contribution in [0.25, 0.3) is 0 Å². The minimum Gasteiger partial charge on any atom is -0.463 e. The van der Waals surface area contributed by atoms with Crippen LogP contribution in [0.5, 0.6) is 0 Å². The Labute approximate surface area is 359 Å². The van der Waals surface area contributed by atoms with Crippen molar-refractivity contribution in [3.8, 4) is 0 Å². The van der Waals surface area contributed by atoms with Crippen LogP contribution in [0.1, 0.15) is 155 Å². The Morgan fingerprint density at radius 3 is 1.15 bits per heavy atom. The van der Waals surface area contributed by atoms with Crippen LogP contribution in [0.15, 0.2) is 48.6 Å². The summed E-state index contributed by atoms with van der Waals surface area (Å²) >= 11 is 0. The molecule has 0 rings (SSSR count). The summed E-state index contributed by atoms with van der Waals surface area (Å²) in [6.45, 7) is 0.217. The predicted octanol–water partition coefficient (Wildman–Crippen LogP) is 9.27. The SMILES string of the molecule is CC/C=C/C=C/C=C\C=C/CCCCCC(=O)OCC(O)COP(=O)(O)OCC(O)COP(=O)(O)OCC(O)COC(=O)CCCCCCCCCCCCCCCCC. The van der Waals surface area contributed by atoms with Gasteiger partial charge in [-0.25, -0.2) is 9.13 Å². The van der Waals surface area contributed by atoms with E-state index in [1.54, 1.807) is 0 Å². The van der Waals surface area contributed by atoms with Crippen molar-refractivity contribution >= 4 is 27.6 Å². The van der Waals surface area contributed by atoms with Crippen molar-refractivity contribution in [3.63, 3.8) is 0 Å². The highest BCUT2D eigenvalue weighted by atomic mass is 31.2. The summed E-state index contributed by atoms with van der Waals surface area (Å²) in [7, 11) is -9.57. The molecule has 0 amide bonds. The maximum absolute atomic E-state index is 12.1. The Balaban J connectivity index is 3.95. The maximum atomic E-state index is 12.1. The molecule has 0 spiro atoms. The quantitative estimate of drug-likeness (QED) is 0.0167. The summed E-state index contributed by atoms with van der Waals surface area (Å²) < 4.78 is 52.8. The van der Waals surface area contributed by atoms with Gasteiger partial charge in [-0.05, 0) is 32.1 Å². The highest BCUT2D eigenvalue weighted by Gasteiger charge is 2.28. The van der Waals surface area contributed by atoms with E-state index in [0.717, 1.165) is 44.9 Å². The van der Waals surface area contributed by atoms with E-state index in [4.69, 9.17) is 9.47 Å². The number of aliphatic hydroxyl groups excluding tert-OH is 3. The Morgan fingerprint density at radius 2 is 0.767 bits per heavy atom. The second kappa shape index (κ2) is 39.8. The lowest BCUT2D eigenvalue weighted by Gasteiger charge is -2.19. The minimum atomic E-state index is -4.79. The number of phosphoric acid groups is 2. The third-order valence-electron chi connectivity index (χ3n) is 8.89. The molecule has 0 saturated heterocycles. The topological polar surface area (TPSA) is 225 Å². The molecule has 17 heteroatoms. The van der Waals surface area contributed by atoms with Crippen LogP contribution in [0.4, 0.5) is 0 Å². The molecule has 0 aromatic rings. The molecule has 0 aromatic carbocycles. The normalized spacial score (nSPS) is 15.8. The molecule has 5 N–H and O–H groups in total. The summed E-state index contributed by atoms with van der Waals surface area (Å²) in [6.07, 6.45) is 34.0. The number of hydrogen-bond donors (Lipinski definition) is 5. The van der Waals surface area contributed by atoms with E-state index in [2.05, 4.69) is 38.0 Å². The molecule has 0 heterocycles. The number of hydrogen-bond acceptors (Lipinski definition) is 13. The molecule has 0 bridgehead atoms. The van der Waals surface area contributed by atoms with Crippen molar-refractivity contribution in [3.05, 3.63) is 48.6 Å². The second-order valence-electron chi connectivity index (χ2n) is 14.8. The van der Waals surface area contributed by atoms with Gasteiger partial charge in [0.05, 0.1) is 26.4 Å². The van der Waals surface area contributed by atoms with Gasteiger partial charge in [0.25, 0.3) is 0 Å². The molecule has 0 fully saturated rings. The monoisotopic (exact) mass is 896 g/mol. The average molecular weight is 897 g/mol. The van der Waals surface area contributed by atoms with Crippen molar-refractivity contribution in [1.29, 1.82) is 0 Å². The van der Waals surface area contributed by atoms with Crippen LogP contribution in [0, 0.1) is 0 Å². The predicted molar refractivity (Wildman–Crippen MR) is 233 cm³/mol. The zero-order valence-electron chi connectivity index (χ0n) is 36.4. The molecule has 0 radical (unpaired) electrons. The summed E-state index contributed by atoms with van der Waals surface area (Å²) in [5.41, 5.74) is 0. The fourth-order valence-electron chi connectivity index (χ4n) is 5.46. The van der Waals surface area contributed by atoms with Crippen LogP contribution in [-0.4, -0.2) is 95.0 Å². The second-order valence-corrected chi connectivity index (χ2v) is 17.7. The number of aliphatic hydroxyl groups is 3. The fraction of sp³-hybridized carbons (Fsp3) is 0.767. The van der Waals surface area contributed by atoms with Crippen molar-refractivity contribution in [1.82, 2.24) is 0 Å². The average Bonchev–Trinajstić information content (AvgIpc) is 3.22. The van der Waals surface area contributed by atoms with Gasteiger partial charge in [-0.1, -0.05) is 159 Å². The molecule has 0 saturated carbocycles. The first-order chi connectivity index (χ1) is 28.8. The van der Waals surface area contributed by atoms with E-state index in [-0.39, 0.29) is 12.8 Å². The molecular formula is C43H78O15P2. The number of unbranched alkanes of at least 4 members (excludes halogenated alkanes) is 17. The van der Waals surface area contributed by atoms with E-state index in [9.17, 15) is 43.8 Å². The first-order valence-electron chi connectivity index (χ1n) is 22.0. The van der Waals surface area contributed by atoms with E-state index >= 15 is 0 Å². The molecule has 0 aromatic heterocycles. The van der Waals surface area contributed by atoms with Gasteiger partial charge in [-0.15, -0.1) is 0 Å². The Morgan fingerprint density at radius 1 is 0.450 bits per heavy atom. The van der Waals surface area contributed by atoms with E-state index in [0.29, 0.717) is 12.8 Å². The Hall–Kier alpha value is -2.00. The fourth-order valence-corrected chi connectivity index (χ4v) is 7.05. The van der Waals surface area contributed by atoms with Gasteiger partial charge >= 0.3 is 27.6 Å². The molecule has 15 nitrogen and oxygen atoms in total. The number of carbonyl (C=O) groups excluding carboxylic acids is 2. The Bertz CT molecular complexity index is 1270. The maximum Gasteiger partial charge on any atom is 0.472 e.